The molecule has 4 fully saturated rings. The molecule has 34 heavy (non-hydrogen) atoms. The summed E-state index contributed by atoms with van der Waals surface area (Å²) < 4.78 is 7.61. The van der Waals surface area contributed by atoms with Crippen LogP contribution < -0.4 is 5.32 Å². The zero-order valence-corrected chi connectivity index (χ0v) is 20.8. The predicted octanol–water partition coefficient (Wildman–Crippen LogP) is 5.81. The van der Waals surface area contributed by atoms with Crippen LogP contribution >= 0.6 is 23.4 Å². The second-order valence-corrected chi connectivity index (χ2v) is 12.2. The van der Waals surface area contributed by atoms with Gasteiger partial charge < -0.3 is 9.73 Å². The highest BCUT2D eigenvalue weighted by molar-refractivity contribution is 8.00. The standard InChI is InChI=1S/C26H29ClN4O2S/c1-16(24(32)28-26-12-17-9-18(13-26)11-19(10-17)14-26)34-25-30-29-23(20-4-6-21(27)7-5-20)31(25)15-22-3-2-8-33-22/h2-8,16-19H,9-15H2,1H3,(H,28,32). The van der Waals surface area contributed by atoms with E-state index in [2.05, 4.69) is 15.5 Å². The Morgan fingerprint density at radius 2 is 1.82 bits per heavy atom. The number of hydrogen-bond donors (Lipinski definition) is 1. The zero-order chi connectivity index (χ0) is 23.3. The van der Waals surface area contributed by atoms with Crippen LogP contribution in [0, 0.1) is 17.8 Å². The summed E-state index contributed by atoms with van der Waals surface area (Å²) >= 11 is 7.54. The molecule has 4 aliphatic carbocycles. The first-order valence-corrected chi connectivity index (χ1v) is 13.4. The van der Waals surface area contributed by atoms with Crippen molar-refractivity contribution in [2.45, 2.75) is 67.9 Å². The first-order valence-electron chi connectivity index (χ1n) is 12.2. The summed E-state index contributed by atoms with van der Waals surface area (Å²) in [5, 5.41) is 13.5. The summed E-state index contributed by atoms with van der Waals surface area (Å²) in [7, 11) is 0. The Morgan fingerprint density at radius 3 is 2.44 bits per heavy atom. The zero-order valence-electron chi connectivity index (χ0n) is 19.2. The summed E-state index contributed by atoms with van der Waals surface area (Å²) in [5.74, 6) is 4.04. The lowest BCUT2D eigenvalue weighted by Gasteiger charge is -2.57. The van der Waals surface area contributed by atoms with E-state index in [9.17, 15) is 4.79 Å². The van der Waals surface area contributed by atoms with Crippen molar-refractivity contribution in [1.82, 2.24) is 20.1 Å². The molecule has 1 aromatic carbocycles. The van der Waals surface area contributed by atoms with Crippen LogP contribution in [0.1, 0.15) is 51.2 Å². The molecule has 0 saturated heterocycles. The minimum absolute atomic E-state index is 0.0109. The normalized spacial score (nSPS) is 28.2. The van der Waals surface area contributed by atoms with Gasteiger partial charge in [0.05, 0.1) is 18.1 Å². The molecule has 0 spiro atoms. The quantitative estimate of drug-likeness (QED) is 0.418. The molecule has 4 bridgehead atoms. The average Bonchev–Trinajstić information content (AvgIpc) is 3.44. The number of thioether (sulfide) groups is 1. The number of nitrogens with zero attached hydrogens (tertiary/aromatic N) is 3. The summed E-state index contributed by atoms with van der Waals surface area (Å²) in [6.07, 6.45) is 9.21. The highest BCUT2D eigenvalue weighted by Crippen LogP contribution is 2.55. The summed E-state index contributed by atoms with van der Waals surface area (Å²) in [6, 6.07) is 11.4. The van der Waals surface area contributed by atoms with Gasteiger partial charge in [-0.1, -0.05) is 23.4 Å². The number of amides is 1. The van der Waals surface area contributed by atoms with E-state index in [1.165, 1.54) is 31.0 Å². The highest BCUT2D eigenvalue weighted by Gasteiger charge is 2.51. The van der Waals surface area contributed by atoms with Crippen molar-refractivity contribution in [2.24, 2.45) is 17.8 Å². The van der Waals surface area contributed by atoms with Gasteiger partial charge in [0.2, 0.25) is 5.91 Å². The third-order valence-corrected chi connectivity index (χ3v) is 9.12. The molecule has 2 aromatic heterocycles. The van der Waals surface area contributed by atoms with Gasteiger partial charge in [0.15, 0.2) is 11.0 Å². The third kappa shape index (κ3) is 4.29. The SMILES string of the molecule is CC(Sc1nnc(-c2ccc(Cl)cc2)n1Cc1ccco1)C(=O)NC12CC3CC(CC(C3)C1)C2. The fraction of sp³-hybridized carbons (Fsp3) is 0.500. The van der Waals surface area contributed by atoms with Crippen molar-refractivity contribution in [3.8, 4) is 11.4 Å². The van der Waals surface area contributed by atoms with E-state index in [1.807, 2.05) is 47.9 Å². The van der Waals surface area contributed by atoms with E-state index in [4.69, 9.17) is 16.0 Å². The van der Waals surface area contributed by atoms with Gasteiger partial charge in [-0.15, -0.1) is 10.2 Å². The maximum absolute atomic E-state index is 13.4. The number of nitrogens with one attached hydrogen (secondary N) is 1. The first kappa shape index (κ1) is 22.2. The maximum Gasteiger partial charge on any atom is 0.233 e. The van der Waals surface area contributed by atoms with Gasteiger partial charge in [-0.2, -0.15) is 0 Å². The molecule has 0 aliphatic heterocycles. The van der Waals surface area contributed by atoms with Crippen molar-refractivity contribution in [2.75, 3.05) is 0 Å². The summed E-state index contributed by atoms with van der Waals surface area (Å²) in [5.41, 5.74) is 0.928. The Bertz CT molecular complexity index is 1140. The Kier molecular flexibility index (Phi) is 5.72. The Hall–Kier alpha value is -2.25. The fourth-order valence-electron chi connectivity index (χ4n) is 6.73. The van der Waals surface area contributed by atoms with E-state index in [0.717, 1.165) is 54.2 Å². The highest BCUT2D eigenvalue weighted by atomic mass is 35.5. The predicted molar refractivity (Wildman–Crippen MR) is 133 cm³/mol. The van der Waals surface area contributed by atoms with Crippen LogP contribution in [0.25, 0.3) is 11.4 Å². The van der Waals surface area contributed by atoms with E-state index < -0.39 is 0 Å². The second kappa shape index (κ2) is 8.76. The number of halogens is 1. The molecular formula is C26H29ClN4O2S. The minimum atomic E-state index is -0.273. The molecule has 4 aliphatic rings. The van der Waals surface area contributed by atoms with E-state index in [-0.39, 0.29) is 16.7 Å². The van der Waals surface area contributed by atoms with Crippen molar-refractivity contribution in [3.05, 3.63) is 53.4 Å². The molecule has 1 atom stereocenters. The van der Waals surface area contributed by atoms with Gasteiger partial charge in [0.1, 0.15) is 5.76 Å². The Labute approximate surface area is 208 Å². The number of benzene rings is 1. The number of hydrogen-bond acceptors (Lipinski definition) is 5. The van der Waals surface area contributed by atoms with E-state index in [1.54, 1.807) is 6.26 Å². The van der Waals surface area contributed by atoms with E-state index in [0.29, 0.717) is 16.7 Å². The second-order valence-electron chi connectivity index (χ2n) is 10.4. The number of rotatable bonds is 7. The largest absolute Gasteiger partial charge is 0.467 e. The van der Waals surface area contributed by atoms with Crippen LogP contribution in [0.4, 0.5) is 0 Å². The van der Waals surface area contributed by atoms with Gasteiger partial charge in [0, 0.05) is 16.1 Å². The van der Waals surface area contributed by atoms with Crippen LogP contribution in [-0.2, 0) is 11.3 Å². The lowest BCUT2D eigenvalue weighted by Crippen LogP contribution is -2.60. The number of carbonyl (C=O) groups is 1. The fourth-order valence-corrected chi connectivity index (χ4v) is 7.70. The van der Waals surface area contributed by atoms with Gasteiger partial charge in [-0.25, -0.2) is 0 Å². The molecule has 8 heteroatoms. The molecule has 6 nitrogen and oxygen atoms in total. The molecule has 178 valence electrons. The lowest BCUT2D eigenvalue weighted by atomic mass is 9.53. The summed E-state index contributed by atoms with van der Waals surface area (Å²) in [4.78, 5) is 13.4. The molecule has 2 heterocycles. The lowest BCUT2D eigenvalue weighted by molar-refractivity contribution is -0.126. The van der Waals surface area contributed by atoms with Crippen LogP contribution in [0.3, 0.4) is 0 Å². The smallest absolute Gasteiger partial charge is 0.233 e. The van der Waals surface area contributed by atoms with Gasteiger partial charge >= 0.3 is 0 Å². The molecule has 1 amide bonds. The average molecular weight is 497 g/mol. The monoisotopic (exact) mass is 496 g/mol. The Morgan fingerprint density at radius 1 is 1.15 bits per heavy atom. The van der Waals surface area contributed by atoms with Crippen LogP contribution in [0.2, 0.25) is 5.02 Å². The maximum atomic E-state index is 13.4. The van der Waals surface area contributed by atoms with Crippen molar-refractivity contribution in [3.63, 3.8) is 0 Å². The Balaban J connectivity index is 1.22. The van der Waals surface area contributed by atoms with Gasteiger partial charge in [0.25, 0.3) is 0 Å². The van der Waals surface area contributed by atoms with E-state index >= 15 is 0 Å². The molecule has 4 saturated carbocycles. The van der Waals surface area contributed by atoms with Crippen LogP contribution in [0.15, 0.2) is 52.2 Å². The molecule has 3 aromatic rings. The number of furan rings is 1. The summed E-state index contributed by atoms with van der Waals surface area (Å²) in [6.45, 7) is 2.46. The van der Waals surface area contributed by atoms with Crippen LogP contribution in [-0.4, -0.2) is 31.5 Å². The molecule has 1 N–H and O–H groups in total. The topological polar surface area (TPSA) is 73.0 Å². The van der Waals surface area contributed by atoms with Crippen molar-refractivity contribution >= 4 is 29.3 Å². The molecule has 7 rings (SSSR count). The van der Waals surface area contributed by atoms with Crippen molar-refractivity contribution < 1.29 is 9.21 Å². The third-order valence-electron chi connectivity index (χ3n) is 7.79. The van der Waals surface area contributed by atoms with Gasteiger partial charge in [-0.05, 0) is 99.6 Å². The molecule has 0 radical (unpaired) electrons. The van der Waals surface area contributed by atoms with Gasteiger partial charge in [-0.3, -0.25) is 9.36 Å². The van der Waals surface area contributed by atoms with Crippen molar-refractivity contribution in [1.29, 1.82) is 0 Å². The molecule has 1 unspecified atom stereocenters. The first-order chi connectivity index (χ1) is 16.5. The minimum Gasteiger partial charge on any atom is -0.467 e. The van der Waals surface area contributed by atoms with Crippen LogP contribution in [0.5, 0.6) is 0 Å². The number of carbonyl (C=O) groups excluding carboxylic acids is 1. The number of aromatic nitrogens is 3. The molecular weight excluding hydrogens is 468 g/mol.